The Balaban J connectivity index is 1.55. The summed E-state index contributed by atoms with van der Waals surface area (Å²) in [7, 11) is 1.55. The van der Waals surface area contributed by atoms with Gasteiger partial charge in [0.05, 0.1) is 35.6 Å². The summed E-state index contributed by atoms with van der Waals surface area (Å²) in [5, 5.41) is 0.928. The predicted octanol–water partition coefficient (Wildman–Crippen LogP) is 6.10. The Morgan fingerprint density at radius 1 is 1.14 bits per heavy atom. The second kappa shape index (κ2) is 12.0. The van der Waals surface area contributed by atoms with Crippen LogP contribution < -0.4 is 19.6 Å². The van der Waals surface area contributed by atoms with Crippen molar-refractivity contribution in [2.45, 2.75) is 39.5 Å². The number of aromatic nitrogens is 2. The molecule has 3 aromatic carbocycles. The summed E-state index contributed by atoms with van der Waals surface area (Å²) in [6.45, 7) is 5.65. The van der Waals surface area contributed by atoms with Crippen LogP contribution in [0, 0.1) is 5.82 Å². The monoisotopic (exact) mass is 673 g/mol. The number of hydrogen-bond acceptors (Lipinski definition) is 6. The van der Waals surface area contributed by atoms with Crippen LogP contribution in [-0.2, 0) is 16.1 Å². The highest BCUT2D eigenvalue weighted by Gasteiger charge is 2.35. The van der Waals surface area contributed by atoms with Gasteiger partial charge in [-0.15, -0.1) is 0 Å². The van der Waals surface area contributed by atoms with Crippen molar-refractivity contribution in [3.05, 3.63) is 131 Å². The zero-order valence-corrected chi connectivity index (χ0v) is 26.9. The van der Waals surface area contributed by atoms with Crippen molar-refractivity contribution in [3.63, 3.8) is 0 Å². The van der Waals surface area contributed by atoms with Crippen LogP contribution in [0.25, 0.3) is 17.0 Å². The molecule has 2 aromatic heterocycles. The van der Waals surface area contributed by atoms with Crippen LogP contribution in [0.4, 0.5) is 4.39 Å². The van der Waals surface area contributed by atoms with E-state index >= 15 is 0 Å². The zero-order valence-electron chi connectivity index (χ0n) is 24.5. The van der Waals surface area contributed by atoms with Gasteiger partial charge < -0.3 is 14.0 Å². The first-order valence-electron chi connectivity index (χ1n) is 14.0. The van der Waals surface area contributed by atoms with E-state index in [1.54, 1.807) is 50.6 Å². The SMILES string of the molecule is COc1ccc(Br)cc1[C@H]1C(C(=O)OC(C)C)=C(C)N=c2s/c(=C\c3cn(Cc4ccccc4F)c4ccccc34)c(=O)n21. The van der Waals surface area contributed by atoms with E-state index in [1.165, 1.54) is 17.4 Å². The number of esters is 1. The molecule has 0 saturated carbocycles. The highest BCUT2D eigenvalue weighted by Crippen LogP contribution is 2.37. The van der Waals surface area contributed by atoms with E-state index in [2.05, 4.69) is 15.9 Å². The smallest absolute Gasteiger partial charge is 0.338 e. The highest BCUT2D eigenvalue weighted by atomic mass is 79.9. The molecule has 1 aliphatic rings. The van der Waals surface area contributed by atoms with Crippen molar-refractivity contribution in [1.82, 2.24) is 9.13 Å². The fourth-order valence-corrected chi connectivity index (χ4v) is 6.96. The van der Waals surface area contributed by atoms with Gasteiger partial charge in [0.15, 0.2) is 4.80 Å². The first kappa shape index (κ1) is 29.8. The molecule has 0 N–H and O–H groups in total. The minimum Gasteiger partial charge on any atom is -0.496 e. The first-order chi connectivity index (χ1) is 21.2. The lowest BCUT2D eigenvalue weighted by atomic mass is 9.95. The lowest BCUT2D eigenvalue weighted by Gasteiger charge is -2.26. The Hall–Kier alpha value is -4.28. The molecule has 5 aromatic rings. The largest absolute Gasteiger partial charge is 0.496 e. The number of benzene rings is 3. The topological polar surface area (TPSA) is 74.8 Å². The summed E-state index contributed by atoms with van der Waals surface area (Å²) >= 11 is 4.79. The van der Waals surface area contributed by atoms with Crippen molar-refractivity contribution in [1.29, 1.82) is 0 Å². The number of nitrogens with zero attached hydrogens (tertiary/aromatic N) is 3. The molecule has 1 atom stereocenters. The Morgan fingerprint density at radius 2 is 1.89 bits per heavy atom. The molecule has 7 nitrogen and oxygen atoms in total. The third-order valence-corrected chi connectivity index (χ3v) is 8.95. The summed E-state index contributed by atoms with van der Waals surface area (Å²) in [6.07, 6.45) is 3.41. The standard InChI is InChI=1S/C34H29BrFN3O4S/c1-19(2)43-33(41)30-20(3)37-34-39(31(30)25-16-23(35)13-14-28(25)42-4)32(40)29(44-34)15-22-18-38(27-12-8-6-10-24(22)27)17-21-9-5-7-11-26(21)36/h5-16,18-19,31H,17H2,1-4H3/b29-15-/t31-/m0/s1. The Bertz CT molecular complexity index is 2140. The van der Waals surface area contributed by atoms with Crippen LogP contribution in [0.5, 0.6) is 5.75 Å². The van der Waals surface area contributed by atoms with Gasteiger partial charge in [0.25, 0.3) is 5.56 Å². The third kappa shape index (κ3) is 5.44. The van der Waals surface area contributed by atoms with Crippen molar-refractivity contribution in [3.8, 4) is 5.75 Å². The summed E-state index contributed by atoms with van der Waals surface area (Å²) in [5.41, 5.74) is 3.37. The second-order valence-corrected chi connectivity index (χ2v) is 12.7. The summed E-state index contributed by atoms with van der Waals surface area (Å²) < 4.78 is 30.6. The van der Waals surface area contributed by atoms with Crippen molar-refractivity contribution in [2.75, 3.05) is 7.11 Å². The molecule has 0 saturated heterocycles. The zero-order chi connectivity index (χ0) is 31.1. The van der Waals surface area contributed by atoms with E-state index in [4.69, 9.17) is 14.5 Å². The van der Waals surface area contributed by atoms with Gasteiger partial charge in [0.1, 0.15) is 17.6 Å². The fraction of sp³-hybridized carbons (Fsp3) is 0.206. The molecule has 0 amide bonds. The van der Waals surface area contributed by atoms with E-state index in [0.717, 1.165) is 20.9 Å². The number of allylic oxidation sites excluding steroid dienone is 1. The van der Waals surface area contributed by atoms with Crippen molar-refractivity contribution < 1.29 is 18.7 Å². The lowest BCUT2D eigenvalue weighted by molar-refractivity contribution is -0.143. The number of thiazole rings is 1. The molecule has 44 heavy (non-hydrogen) atoms. The van der Waals surface area contributed by atoms with Gasteiger partial charge in [-0.3, -0.25) is 9.36 Å². The predicted molar refractivity (Wildman–Crippen MR) is 173 cm³/mol. The number of fused-ring (bicyclic) bond motifs is 2. The Kier molecular flexibility index (Phi) is 8.13. The van der Waals surface area contributed by atoms with Gasteiger partial charge >= 0.3 is 5.97 Å². The normalized spacial score (nSPS) is 15.1. The number of rotatable bonds is 7. The number of carbonyl (C=O) groups is 1. The number of para-hydroxylation sites is 1. The number of carbonyl (C=O) groups excluding carboxylic acids is 1. The molecule has 1 aliphatic heterocycles. The van der Waals surface area contributed by atoms with E-state index < -0.39 is 12.0 Å². The van der Waals surface area contributed by atoms with Gasteiger partial charge in [-0.05, 0) is 57.2 Å². The Morgan fingerprint density at radius 3 is 2.64 bits per heavy atom. The van der Waals surface area contributed by atoms with Crippen LogP contribution in [0.15, 0.2) is 98.5 Å². The maximum Gasteiger partial charge on any atom is 0.338 e. The van der Waals surface area contributed by atoms with Gasteiger partial charge in [-0.1, -0.05) is 63.7 Å². The molecule has 0 unspecified atom stereocenters. The minimum absolute atomic E-state index is 0.273. The van der Waals surface area contributed by atoms with Gasteiger partial charge in [-0.2, -0.15) is 0 Å². The van der Waals surface area contributed by atoms with E-state index in [9.17, 15) is 14.0 Å². The summed E-state index contributed by atoms with van der Waals surface area (Å²) in [6, 6.07) is 19.2. The molecule has 3 heterocycles. The number of halogens is 2. The number of methoxy groups -OCH3 is 1. The molecule has 0 spiro atoms. The summed E-state index contributed by atoms with van der Waals surface area (Å²) in [4.78, 5) is 32.9. The van der Waals surface area contributed by atoms with Crippen LogP contribution in [0.1, 0.15) is 43.5 Å². The molecular weight excluding hydrogens is 645 g/mol. The van der Waals surface area contributed by atoms with Gasteiger partial charge in [0.2, 0.25) is 0 Å². The third-order valence-electron chi connectivity index (χ3n) is 7.48. The molecule has 0 bridgehead atoms. The maximum atomic E-state index is 14.5. The molecule has 0 aliphatic carbocycles. The molecule has 0 fully saturated rings. The molecule has 10 heteroatoms. The number of hydrogen-bond donors (Lipinski definition) is 0. The van der Waals surface area contributed by atoms with E-state index in [-0.39, 0.29) is 23.1 Å². The maximum absolute atomic E-state index is 14.5. The van der Waals surface area contributed by atoms with E-state index in [0.29, 0.717) is 38.5 Å². The van der Waals surface area contributed by atoms with Crippen LogP contribution >= 0.6 is 27.3 Å². The van der Waals surface area contributed by atoms with Crippen LogP contribution in [0.2, 0.25) is 0 Å². The van der Waals surface area contributed by atoms with Crippen molar-refractivity contribution >= 4 is 50.2 Å². The van der Waals surface area contributed by atoms with Gasteiger partial charge in [0, 0.05) is 38.3 Å². The van der Waals surface area contributed by atoms with Gasteiger partial charge in [-0.25, -0.2) is 14.2 Å². The van der Waals surface area contributed by atoms with Crippen molar-refractivity contribution in [2.24, 2.45) is 4.99 Å². The molecule has 6 rings (SSSR count). The molecule has 224 valence electrons. The number of ether oxygens (including phenoxy) is 2. The molecular formula is C34H29BrFN3O4S. The van der Waals surface area contributed by atoms with E-state index in [1.807, 2.05) is 59.3 Å². The first-order valence-corrected chi connectivity index (χ1v) is 15.7. The quantitative estimate of drug-likeness (QED) is 0.196. The average Bonchev–Trinajstić information content (AvgIpc) is 3.49. The minimum atomic E-state index is -0.825. The van der Waals surface area contributed by atoms with Crippen LogP contribution in [-0.4, -0.2) is 28.3 Å². The highest BCUT2D eigenvalue weighted by molar-refractivity contribution is 9.10. The summed E-state index contributed by atoms with van der Waals surface area (Å²) in [5.74, 6) is -0.294. The fourth-order valence-electron chi connectivity index (χ4n) is 5.55. The lowest BCUT2D eigenvalue weighted by Crippen LogP contribution is -2.40. The second-order valence-electron chi connectivity index (χ2n) is 10.7. The molecule has 0 radical (unpaired) electrons. The Labute approximate surface area is 265 Å². The van der Waals surface area contributed by atoms with Crippen LogP contribution in [0.3, 0.4) is 0 Å². The average molecular weight is 675 g/mol.